The fourth-order valence-electron chi connectivity index (χ4n) is 2.37. The molecule has 1 unspecified atom stereocenters. The lowest BCUT2D eigenvalue weighted by Crippen LogP contribution is -2.26. The maximum atomic E-state index is 12.6. The second kappa shape index (κ2) is 7.86. The normalized spacial score (nSPS) is 12.4. The Morgan fingerprint density at radius 2 is 1.73 bits per heavy atom. The molecule has 1 N–H and O–H groups in total. The van der Waals surface area contributed by atoms with Gasteiger partial charge < -0.3 is 14.8 Å². The van der Waals surface area contributed by atoms with Gasteiger partial charge in [-0.1, -0.05) is 23.7 Å². The molecule has 0 bridgehead atoms. The summed E-state index contributed by atoms with van der Waals surface area (Å²) >= 11 is 6.08. The molecule has 0 fully saturated rings. The van der Waals surface area contributed by atoms with Crippen molar-refractivity contribution in [2.75, 3.05) is 14.2 Å². The smallest absolute Gasteiger partial charge is 0.416 e. The van der Waals surface area contributed by atoms with Crippen LogP contribution in [0.4, 0.5) is 13.2 Å². The van der Waals surface area contributed by atoms with Gasteiger partial charge in [-0.3, -0.25) is 4.79 Å². The van der Waals surface area contributed by atoms with Crippen molar-refractivity contribution in [3.05, 3.63) is 58.1 Å². The Kier molecular flexibility index (Phi) is 6.02. The first-order valence-electron chi connectivity index (χ1n) is 7.57. The molecule has 0 heterocycles. The Labute approximate surface area is 153 Å². The topological polar surface area (TPSA) is 47.6 Å². The molecular weight excluding hydrogens is 371 g/mol. The van der Waals surface area contributed by atoms with Crippen LogP contribution in [0.2, 0.25) is 5.02 Å². The van der Waals surface area contributed by atoms with Gasteiger partial charge in [-0.2, -0.15) is 13.2 Å². The van der Waals surface area contributed by atoms with Gasteiger partial charge in [0.05, 0.1) is 30.8 Å². The number of carbonyl (C=O) groups excluding carboxylic acids is 1. The molecule has 0 aliphatic heterocycles. The number of nitrogens with one attached hydrogen (secondary N) is 1. The summed E-state index contributed by atoms with van der Waals surface area (Å²) in [7, 11) is 2.84. The minimum Gasteiger partial charge on any atom is -0.493 e. The molecular formula is C18H17ClF3NO3. The van der Waals surface area contributed by atoms with Crippen LogP contribution in [0.5, 0.6) is 11.5 Å². The number of methoxy groups -OCH3 is 2. The molecule has 0 spiro atoms. The van der Waals surface area contributed by atoms with Crippen molar-refractivity contribution in [3.63, 3.8) is 0 Å². The van der Waals surface area contributed by atoms with Crippen molar-refractivity contribution in [1.82, 2.24) is 5.32 Å². The summed E-state index contributed by atoms with van der Waals surface area (Å²) in [6.45, 7) is 1.67. The Balaban J connectivity index is 2.18. The SMILES string of the molecule is COc1cc(C(=O)NC(C)c2ccc(C(F)(F)F)cc2)cc(Cl)c1OC. The highest BCUT2D eigenvalue weighted by molar-refractivity contribution is 6.32. The lowest BCUT2D eigenvalue weighted by molar-refractivity contribution is -0.137. The van der Waals surface area contributed by atoms with Crippen molar-refractivity contribution in [1.29, 1.82) is 0 Å². The number of hydrogen-bond acceptors (Lipinski definition) is 3. The van der Waals surface area contributed by atoms with E-state index in [4.69, 9.17) is 21.1 Å². The van der Waals surface area contributed by atoms with E-state index in [0.29, 0.717) is 17.1 Å². The van der Waals surface area contributed by atoms with Crippen LogP contribution < -0.4 is 14.8 Å². The highest BCUT2D eigenvalue weighted by atomic mass is 35.5. The number of ether oxygens (including phenoxy) is 2. The van der Waals surface area contributed by atoms with Crippen molar-refractivity contribution in [3.8, 4) is 11.5 Å². The first-order valence-corrected chi connectivity index (χ1v) is 7.94. The van der Waals surface area contributed by atoms with E-state index in [1.807, 2.05) is 0 Å². The molecule has 1 atom stereocenters. The van der Waals surface area contributed by atoms with Gasteiger partial charge in [-0.15, -0.1) is 0 Å². The van der Waals surface area contributed by atoms with Crippen LogP contribution in [-0.4, -0.2) is 20.1 Å². The molecule has 2 aromatic rings. The van der Waals surface area contributed by atoms with E-state index in [9.17, 15) is 18.0 Å². The predicted octanol–water partition coefficient (Wildman–Crippen LogP) is 4.87. The van der Waals surface area contributed by atoms with E-state index in [-0.39, 0.29) is 10.6 Å². The number of alkyl halides is 3. The van der Waals surface area contributed by atoms with Crippen LogP contribution in [0.15, 0.2) is 36.4 Å². The molecule has 4 nitrogen and oxygen atoms in total. The van der Waals surface area contributed by atoms with Crippen LogP contribution in [-0.2, 0) is 6.18 Å². The monoisotopic (exact) mass is 387 g/mol. The molecule has 8 heteroatoms. The van der Waals surface area contributed by atoms with Gasteiger partial charge in [-0.05, 0) is 36.8 Å². The Hall–Kier alpha value is -2.41. The minimum absolute atomic E-state index is 0.208. The fraction of sp³-hybridized carbons (Fsp3) is 0.278. The molecule has 140 valence electrons. The quantitative estimate of drug-likeness (QED) is 0.796. The Bertz CT molecular complexity index is 792. The fourth-order valence-corrected chi connectivity index (χ4v) is 2.66. The Morgan fingerprint density at radius 1 is 1.12 bits per heavy atom. The average Bonchev–Trinajstić information content (AvgIpc) is 2.60. The van der Waals surface area contributed by atoms with E-state index >= 15 is 0 Å². The van der Waals surface area contributed by atoms with Crippen LogP contribution >= 0.6 is 11.6 Å². The van der Waals surface area contributed by atoms with E-state index in [0.717, 1.165) is 12.1 Å². The number of rotatable bonds is 5. The van der Waals surface area contributed by atoms with Crippen LogP contribution in [0.3, 0.4) is 0 Å². The number of carbonyl (C=O) groups is 1. The van der Waals surface area contributed by atoms with Crippen molar-refractivity contribution in [2.24, 2.45) is 0 Å². The predicted molar refractivity (Wildman–Crippen MR) is 91.9 cm³/mol. The van der Waals surface area contributed by atoms with Crippen molar-refractivity contribution < 1.29 is 27.4 Å². The summed E-state index contributed by atoms with van der Waals surface area (Å²) in [6.07, 6.45) is -4.40. The first-order chi connectivity index (χ1) is 12.2. The third-order valence-corrected chi connectivity index (χ3v) is 4.06. The zero-order chi connectivity index (χ0) is 19.5. The number of amides is 1. The van der Waals surface area contributed by atoms with Gasteiger partial charge in [0.25, 0.3) is 5.91 Å². The summed E-state index contributed by atoms with van der Waals surface area (Å²) in [4.78, 5) is 12.4. The molecule has 0 saturated carbocycles. The molecule has 0 saturated heterocycles. The standard InChI is InChI=1S/C18H17ClF3NO3/c1-10(11-4-6-13(7-5-11)18(20,21)22)23-17(24)12-8-14(19)16(26-3)15(9-12)25-2/h4-10H,1-3H3,(H,23,24). The van der Waals surface area contributed by atoms with Crippen LogP contribution in [0.1, 0.15) is 34.5 Å². The third kappa shape index (κ3) is 4.40. The summed E-state index contributed by atoms with van der Waals surface area (Å²) < 4.78 is 48.1. The van der Waals surface area contributed by atoms with Crippen molar-refractivity contribution in [2.45, 2.75) is 19.1 Å². The summed E-state index contributed by atoms with van der Waals surface area (Å²) in [5.41, 5.74) is 0.0378. The van der Waals surface area contributed by atoms with E-state index in [2.05, 4.69) is 5.32 Å². The zero-order valence-corrected chi connectivity index (χ0v) is 15.0. The number of hydrogen-bond donors (Lipinski definition) is 1. The average molecular weight is 388 g/mol. The molecule has 0 aliphatic carbocycles. The largest absolute Gasteiger partial charge is 0.493 e. The lowest BCUT2D eigenvalue weighted by atomic mass is 10.1. The van der Waals surface area contributed by atoms with Gasteiger partial charge in [0.15, 0.2) is 11.5 Å². The second-order valence-electron chi connectivity index (χ2n) is 5.51. The highest BCUT2D eigenvalue weighted by Gasteiger charge is 2.30. The molecule has 2 rings (SSSR count). The molecule has 0 aliphatic rings. The van der Waals surface area contributed by atoms with Gasteiger partial charge in [0, 0.05) is 5.56 Å². The zero-order valence-electron chi connectivity index (χ0n) is 14.3. The van der Waals surface area contributed by atoms with E-state index in [1.54, 1.807) is 6.92 Å². The van der Waals surface area contributed by atoms with E-state index < -0.39 is 23.7 Å². The van der Waals surface area contributed by atoms with Gasteiger partial charge in [-0.25, -0.2) is 0 Å². The molecule has 1 amide bonds. The lowest BCUT2D eigenvalue weighted by Gasteiger charge is -2.17. The maximum absolute atomic E-state index is 12.6. The third-order valence-electron chi connectivity index (χ3n) is 3.78. The molecule has 2 aromatic carbocycles. The maximum Gasteiger partial charge on any atom is 0.416 e. The van der Waals surface area contributed by atoms with Gasteiger partial charge >= 0.3 is 6.18 Å². The second-order valence-corrected chi connectivity index (χ2v) is 5.92. The molecule has 0 radical (unpaired) electrons. The molecule has 0 aromatic heterocycles. The summed E-state index contributed by atoms with van der Waals surface area (Å²) in [5.74, 6) is 0.161. The Morgan fingerprint density at radius 3 is 2.23 bits per heavy atom. The van der Waals surface area contributed by atoms with Crippen LogP contribution in [0.25, 0.3) is 0 Å². The van der Waals surface area contributed by atoms with Crippen LogP contribution in [0, 0.1) is 0 Å². The minimum atomic E-state index is -4.40. The highest BCUT2D eigenvalue weighted by Crippen LogP contribution is 2.36. The van der Waals surface area contributed by atoms with E-state index in [1.165, 1.54) is 38.5 Å². The van der Waals surface area contributed by atoms with Gasteiger partial charge in [0.2, 0.25) is 0 Å². The van der Waals surface area contributed by atoms with Crippen molar-refractivity contribution >= 4 is 17.5 Å². The summed E-state index contributed by atoms with van der Waals surface area (Å²) in [5, 5.41) is 2.92. The number of halogens is 4. The summed E-state index contributed by atoms with van der Waals surface area (Å²) in [6, 6.07) is 7.01. The number of benzene rings is 2. The molecule has 26 heavy (non-hydrogen) atoms. The van der Waals surface area contributed by atoms with Gasteiger partial charge in [0.1, 0.15) is 0 Å². The first kappa shape index (κ1) is 19.9.